The van der Waals surface area contributed by atoms with Crippen molar-refractivity contribution in [2.45, 2.75) is 18.6 Å². The van der Waals surface area contributed by atoms with Crippen molar-refractivity contribution in [3.63, 3.8) is 0 Å². The molecule has 1 fully saturated rings. The summed E-state index contributed by atoms with van der Waals surface area (Å²) < 4.78 is 11.3. The van der Waals surface area contributed by atoms with Crippen molar-refractivity contribution in [2.24, 2.45) is 5.92 Å². The van der Waals surface area contributed by atoms with E-state index in [1.807, 2.05) is 24.3 Å². The molecule has 1 saturated heterocycles. The molecule has 2 aromatic carbocycles. The molecule has 0 unspecified atom stereocenters. The number of amides is 1. The lowest BCUT2D eigenvalue weighted by Crippen LogP contribution is -2.57. The van der Waals surface area contributed by atoms with Crippen LogP contribution in [-0.4, -0.2) is 31.2 Å². The lowest BCUT2D eigenvalue weighted by Gasteiger charge is -2.44. The first-order chi connectivity index (χ1) is 13.0. The van der Waals surface area contributed by atoms with Crippen LogP contribution in [0.15, 0.2) is 53.0 Å². The maximum atomic E-state index is 13.3. The van der Waals surface area contributed by atoms with Crippen LogP contribution < -0.4 is 4.90 Å². The normalized spacial score (nSPS) is 23.9. The summed E-state index contributed by atoms with van der Waals surface area (Å²) in [6.45, 7) is 0. The number of methoxy groups -OCH3 is 1. The van der Waals surface area contributed by atoms with Crippen molar-refractivity contribution in [1.82, 2.24) is 0 Å². The van der Waals surface area contributed by atoms with Gasteiger partial charge in [-0.15, -0.1) is 0 Å². The minimum absolute atomic E-state index is 0.300. The van der Waals surface area contributed by atoms with Crippen LogP contribution in [0.25, 0.3) is 0 Å². The zero-order chi connectivity index (χ0) is 19.1. The number of nitrogens with zero attached hydrogens (tertiary/aromatic N) is 1. The molecule has 7 heteroatoms. The number of anilines is 1. The van der Waals surface area contributed by atoms with Gasteiger partial charge in [0, 0.05) is 16.8 Å². The quantitative estimate of drug-likeness (QED) is 0.541. The molecule has 0 bridgehead atoms. The number of piperidine rings is 1. The summed E-state index contributed by atoms with van der Waals surface area (Å²) in [6.07, 6.45) is -0.466. The molecule has 0 aliphatic carbocycles. The highest BCUT2D eigenvalue weighted by atomic mass is 79.9. The molecule has 0 radical (unpaired) electrons. The summed E-state index contributed by atoms with van der Waals surface area (Å²) in [5, 5.41) is 0. The zero-order valence-corrected chi connectivity index (χ0v) is 16.0. The first-order valence-corrected chi connectivity index (χ1v) is 9.27. The summed E-state index contributed by atoms with van der Waals surface area (Å²) in [5.41, 5.74) is 1.57. The molecule has 27 heavy (non-hydrogen) atoms. The third-order valence-electron chi connectivity index (χ3n) is 5.04. The van der Waals surface area contributed by atoms with Crippen molar-refractivity contribution in [3.05, 3.63) is 64.1 Å². The third-order valence-corrected chi connectivity index (χ3v) is 5.76. The molecule has 138 valence electrons. The van der Waals surface area contributed by atoms with Crippen LogP contribution in [-0.2, 0) is 19.1 Å². The monoisotopic (exact) mass is 429 g/mol. The Morgan fingerprint density at radius 3 is 2.59 bits per heavy atom. The molecule has 0 saturated carbocycles. The van der Waals surface area contributed by atoms with Crippen LogP contribution in [0, 0.1) is 5.92 Å². The van der Waals surface area contributed by atoms with Gasteiger partial charge in [0.25, 0.3) is 0 Å². The highest BCUT2D eigenvalue weighted by Gasteiger charge is 2.51. The number of hydrogen-bond acceptors (Lipinski definition) is 5. The smallest absolute Gasteiger partial charge is 0.342 e. The minimum atomic E-state index is -1.02. The van der Waals surface area contributed by atoms with E-state index < -0.39 is 35.9 Å². The second kappa shape index (κ2) is 6.81. The summed E-state index contributed by atoms with van der Waals surface area (Å²) >= 11 is 3.49. The summed E-state index contributed by atoms with van der Waals surface area (Å²) in [6, 6.07) is 14.1. The fraction of sp³-hybridized carbons (Fsp3) is 0.250. The largest absolute Gasteiger partial charge is 0.468 e. The third kappa shape index (κ3) is 2.82. The molecule has 0 N–H and O–H groups in total. The Morgan fingerprint density at radius 2 is 1.85 bits per heavy atom. The predicted molar refractivity (Wildman–Crippen MR) is 100 cm³/mol. The topological polar surface area (TPSA) is 72.9 Å². The second-order valence-electron chi connectivity index (χ2n) is 6.45. The molecule has 0 spiro atoms. The number of ether oxygens (including phenoxy) is 2. The van der Waals surface area contributed by atoms with E-state index in [0.717, 1.165) is 10.0 Å². The van der Waals surface area contributed by atoms with Crippen LogP contribution >= 0.6 is 15.9 Å². The van der Waals surface area contributed by atoms with Gasteiger partial charge in [-0.25, -0.2) is 4.79 Å². The Balaban J connectivity index is 1.83. The van der Waals surface area contributed by atoms with E-state index in [1.165, 1.54) is 12.0 Å². The number of rotatable bonds is 2. The fourth-order valence-electron chi connectivity index (χ4n) is 3.81. The van der Waals surface area contributed by atoms with E-state index >= 15 is 0 Å². The van der Waals surface area contributed by atoms with Gasteiger partial charge in [-0.3, -0.25) is 14.5 Å². The number of carbonyl (C=O) groups excluding carboxylic acids is 3. The summed E-state index contributed by atoms with van der Waals surface area (Å²) in [7, 11) is 1.27. The van der Waals surface area contributed by atoms with Crippen LogP contribution in [0.4, 0.5) is 5.69 Å². The Hall–Kier alpha value is -2.67. The Kier molecular flexibility index (Phi) is 4.47. The van der Waals surface area contributed by atoms with Gasteiger partial charge in [0.05, 0.1) is 18.4 Å². The van der Waals surface area contributed by atoms with Crippen LogP contribution in [0.2, 0.25) is 0 Å². The van der Waals surface area contributed by atoms with E-state index in [2.05, 4.69) is 15.9 Å². The molecule has 6 nitrogen and oxygen atoms in total. The van der Waals surface area contributed by atoms with E-state index in [4.69, 9.17) is 9.47 Å². The van der Waals surface area contributed by atoms with Gasteiger partial charge < -0.3 is 9.47 Å². The van der Waals surface area contributed by atoms with Gasteiger partial charge in [0.1, 0.15) is 5.92 Å². The van der Waals surface area contributed by atoms with Gasteiger partial charge in [-0.2, -0.15) is 0 Å². The van der Waals surface area contributed by atoms with Gasteiger partial charge >= 0.3 is 11.9 Å². The average molecular weight is 430 g/mol. The first kappa shape index (κ1) is 17.7. The maximum Gasteiger partial charge on any atom is 0.342 e. The molecule has 2 heterocycles. The van der Waals surface area contributed by atoms with Crippen molar-refractivity contribution in [1.29, 1.82) is 0 Å². The highest BCUT2D eigenvalue weighted by Crippen LogP contribution is 2.44. The number of fused-ring (bicyclic) bond motifs is 3. The number of esters is 2. The van der Waals surface area contributed by atoms with E-state index in [1.54, 1.807) is 24.3 Å². The van der Waals surface area contributed by atoms with Crippen molar-refractivity contribution in [3.8, 4) is 0 Å². The van der Waals surface area contributed by atoms with Crippen LogP contribution in [0.1, 0.15) is 28.3 Å². The Labute approximate surface area is 164 Å². The van der Waals surface area contributed by atoms with E-state index in [-0.39, 0.29) is 0 Å². The number of benzene rings is 2. The second-order valence-corrected chi connectivity index (χ2v) is 7.30. The summed E-state index contributed by atoms with van der Waals surface area (Å²) in [4.78, 5) is 39.6. The minimum Gasteiger partial charge on any atom is -0.468 e. The molecule has 2 aromatic rings. The van der Waals surface area contributed by atoms with Crippen LogP contribution in [0.3, 0.4) is 0 Å². The molecule has 4 rings (SSSR count). The maximum absolute atomic E-state index is 13.3. The van der Waals surface area contributed by atoms with Gasteiger partial charge in [0.15, 0.2) is 6.23 Å². The number of halogens is 1. The van der Waals surface area contributed by atoms with Crippen LogP contribution in [0.5, 0.6) is 0 Å². The van der Waals surface area contributed by atoms with Crippen molar-refractivity contribution >= 4 is 39.5 Å². The van der Waals surface area contributed by atoms with E-state index in [9.17, 15) is 14.4 Å². The van der Waals surface area contributed by atoms with E-state index in [0.29, 0.717) is 17.7 Å². The van der Waals surface area contributed by atoms with Gasteiger partial charge in [0.2, 0.25) is 5.91 Å². The standard InChI is InChI=1S/C20H16BrNO5/c1-26-20(25)17-13(11-6-2-4-8-14(11)21)10-16-22(18(17)23)15-9-5-3-7-12(15)19(24)27-16/h2-9,13,16-17H,10H2,1H3/t13-,16+,17-/m1/s1. The summed E-state index contributed by atoms with van der Waals surface area (Å²) in [5.74, 6) is -3.00. The lowest BCUT2D eigenvalue weighted by atomic mass is 9.78. The lowest BCUT2D eigenvalue weighted by molar-refractivity contribution is -0.153. The number of para-hydroxylation sites is 1. The number of hydrogen-bond donors (Lipinski definition) is 0. The number of carbonyl (C=O) groups is 3. The molecule has 0 aromatic heterocycles. The van der Waals surface area contributed by atoms with Gasteiger partial charge in [-0.1, -0.05) is 46.3 Å². The average Bonchev–Trinajstić information content (AvgIpc) is 2.67. The van der Waals surface area contributed by atoms with Crippen molar-refractivity contribution < 1.29 is 23.9 Å². The fourth-order valence-corrected chi connectivity index (χ4v) is 4.39. The molecule has 3 atom stereocenters. The first-order valence-electron chi connectivity index (χ1n) is 8.48. The van der Waals surface area contributed by atoms with Crippen molar-refractivity contribution in [2.75, 3.05) is 12.0 Å². The SMILES string of the molecule is COC(=O)[C@H]1C(=O)N2c3ccccc3C(=O)O[C@H]2C[C@@H]1c1ccccc1Br. The molecular formula is C20H16BrNO5. The molecule has 2 aliphatic rings. The molecular weight excluding hydrogens is 414 g/mol. The Morgan fingerprint density at radius 1 is 1.15 bits per heavy atom. The zero-order valence-electron chi connectivity index (χ0n) is 14.4. The Bertz CT molecular complexity index is 943. The van der Waals surface area contributed by atoms with Gasteiger partial charge in [-0.05, 0) is 23.8 Å². The predicted octanol–water partition coefficient (Wildman–Crippen LogP) is 3.26. The molecule has 1 amide bonds. The highest BCUT2D eigenvalue weighted by molar-refractivity contribution is 9.10. The molecule has 2 aliphatic heterocycles.